The van der Waals surface area contributed by atoms with E-state index in [0.717, 1.165) is 25.9 Å². The number of carbonyl (C=O) groups is 2. The first kappa shape index (κ1) is 40.7. The second-order valence-corrected chi connectivity index (χ2v) is 12.9. The van der Waals surface area contributed by atoms with Crippen molar-refractivity contribution in [1.29, 1.82) is 0 Å². The van der Waals surface area contributed by atoms with Gasteiger partial charge in [0.1, 0.15) is 11.9 Å². The number of aliphatic hydroxyl groups is 1. The molecule has 0 saturated carbocycles. The molecule has 2 N–H and O–H groups in total. The fraction of sp³-hybridized carbons (Fsp3) is 0.818. The monoisotopic (exact) mass is 698 g/mol. The van der Waals surface area contributed by atoms with Gasteiger partial charge in [0, 0.05) is 25.7 Å². The Kier molecular flexibility index (Phi) is 19.7. The van der Waals surface area contributed by atoms with Crippen molar-refractivity contribution < 1.29 is 47.9 Å². The number of aliphatic hydroxyl groups excluding tert-OH is 1. The highest BCUT2D eigenvalue weighted by Crippen LogP contribution is 2.34. The average molecular weight is 699 g/mol. The summed E-state index contributed by atoms with van der Waals surface area (Å²) in [5.74, 6) is 0.418. The molecule has 1 aromatic heterocycles. The van der Waals surface area contributed by atoms with Crippen LogP contribution in [0.15, 0.2) is 18.3 Å². The third-order valence-electron chi connectivity index (χ3n) is 8.16. The van der Waals surface area contributed by atoms with E-state index in [1.54, 1.807) is 10.9 Å². The molecule has 1 aromatic rings. The Hall–Kier alpha value is -2.70. The van der Waals surface area contributed by atoms with Gasteiger partial charge in [0.15, 0.2) is 0 Å². The average Bonchev–Trinajstić information content (AvgIpc) is 3.67. The minimum atomic E-state index is -0.924. The van der Waals surface area contributed by atoms with Crippen LogP contribution in [0.3, 0.4) is 0 Å². The Bertz CT molecular complexity index is 1080. The molecule has 1 saturated heterocycles. The van der Waals surface area contributed by atoms with Gasteiger partial charge in [-0.15, -0.1) is 5.10 Å². The maximum Gasteiger partial charge on any atom is 0.317 e. The Balaban J connectivity index is 0.970. The lowest BCUT2D eigenvalue weighted by atomic mass is 9.75. The number of hydrogen-bond acceptors (Lipinski definition) is 12. The lowest BCUT2D eigenvalue weighted by Gasteiger charge is -2.38. The molecule has 1 fully saturated rings. The fourth-order valence-corrected chi connectivity index (χ4v) is 5.23. The molecule has 1 unspecified atom stereocenters. The van der Waals surface area contributed by atoms with Gasteiger partial charge in [0.05, 0.1) is 112 Å². The lowest BCUT2D eigenvalue weighted by Crippen LogP contribution is -2.46. The molecule has 280 valence electrons. The van der Waals surface area contributed by atoms with Crippen LogP contribution in [0.4, 0.5) is 4.79 Å². The Morgan fingerprint density at radius 1 is 0.816 bits per heavy atom. The van der Waals surface area contributed by atoms with Crippen LogP contribution < -0.4 is 5.32 Å². The van der Waals surface area contributed by atoms with Crippen molar-refractivity contribution in [3.05, 3.63) is 24.0 Å². The second kappa shape index (κ2) is 23.7. The van der Waals surface area contributed by atoms with Crippen LogP contribution in [0.5, 0.6) is 0 Å². The molecule has 16 nitrogen and oxygen atoms in total. The van der Waals surface area contributed by atoms with Gasteiger partial charge in [0.2, 0.25) is 5.91 Å². The maximum atomic E-state index is 12.3. The topological polar surface area (TPSA) is 168 Å². The number of nitrogens with one attached hydrogen (secondary N) is 1. The number of likely N-dealkylation sites (tertiary alicyclic amines) is 1. The summed E-state index contributed by atoms with van der Waals surface area (Å²) < 4.78 is 40.2. The standard InChI is InChI=1S/C33H58N6O10/c1-33(2,3)28-6-9-37(10-7-28)32(42)34-8-12-43-14-16-45-18-20-47-22-24-49-25-23-48-21-19-46-17-15-44-13-11-38-26-29(35-36-38)27-39-30(40)4-5-31(39)41/h4-5,26,28,30,40H,6-25,27H2,1-3H3,(H,34,42). The number of rotatable bonds is 26. The first-order valence-corrected chi connectivity index (χ1v) is 17.4. The van der Waals surface area contributed by atoms with Crippen molar-refractivity contribution in [3.8, 4) is 0 Å². The van der Waals surface area contributed by atoms with Crippen LogP contribution in [0.25, 0.3) is 0 Å². The third kappa shape index (κ3) is 17.2. The van der Waals surface area contributed by atoms with Gasteiger partial charge in [-0.05, 0) is 30.3 Å². The molecule has 0 aromatic carbocycles. The van der Waals surface area contributed by atoms with Gasteiger partial charge in [-0.2, -0.15) is 0 Å². The maximum absolute atomic E-state index is 12.3. The minimum absolute atomic E-state index is 0.00476. The number of hydrogen-bond donors (Lipinski definition) is 2. The minimum Gasteiger partial charge on any atom is -0.377 e. The van der Waals surface area contributed by atoms with Gasteiger partial charge in [0.25, 0.3) is 0 Å². The van der Waals surface area contributed by atoms with E-state index in [9.17, 15) is 14.7 Å². The summed E-state index contributed by atoms with van der Waals surface area (Å²) in [5.41, 5.74) is 0.894. The van der Waals surface area contributed by atoms with Crippen molar-refractivity contribution in [3.63, 3.8) is 0 Å². The highest BCUT2D eigenvalue weighted by molar-refractivity contribution is 5.90. The number of piperidine rings is 1. The van der Waals surface area contributed by atoms with Gasteiger partial charge in [-0.25, -0.2) is 9.48 Å². The van der Waals surface area contributed by atoms with Gasteiger partial charge in [-0.1, -0.05) is 26.0 Å². The molecule has 0 radical (unpaired) electrons. The molecule has 0 spiro atoms. The summed E-state index contributed by atoms with van der Waals surface area (Å²) >= 11 is 0. The van der Waals surface area contributed by atoms with E-state index in [-0.39, 0.29) is 18.5 Å². The summed E-state index contributed by atoms with van der Waals surface area (Å²) in [5, 5.41) is 20.7. The number of nitrogens with zero attached hydrogens (tertiary/aromatic N) is 5. The van der Waals surface area contributed by atoms with E-state index in [2.05, 4.69) is 36.4 Å². The molecule has 0 aliphatic carbocycles. The molecular weight excluding hydrogens is 640 g/mol. The predicted molar refractivity (Wildman–Crippen MR) is 179 cm³/mol. The zero-order chi connectivity index (χ0) is 35.2. The number of urea groups is 1. The van der Waals surface area contributed by atoms with Crippen molar-refractivity contribution in [2.75, 3.05) is 112 Å². The molecule has 16 heteroatoms. The molecule has 1 atom stereocenters. The summed E-state index contributed by atoms with van der Waals surface area (Å²) in [4.78, 5) is 27.2. The van der Waals surface area contributed by atoms with Crippen LogP contribution in [-0.4, -0.2) is 160 Å². The zero-order valence-electron chi connectivity index (χ0n) is 29.6. The highest BCUT2D eigenvalue weighted by atomic mass is 16.6. The number of ether oxygens (including phenoxy) is 7. The zero-order valence-corrected chi connectivity index (χ0v) is 29.6. The smallest absolute Gasteiger partial charge is 0.317 e. The van der Waals surface area contributed by atoms with Gasteiger partial charge < -0.3 is 53.4 Å². The molecule has 2 aliphatic rings. The SMILES string of the molecule is CC(C)(C)C1CCN(C(=O)NCCOCCOCCOCCOCCOCCOCCOCCn2cc(CN3C(=O)C=CC3O)nn2)CC1. The van der Waals surface area contributed by atoms with Crippen molar-refractivity contribution in [1.82, 2.24) is 30.1 Å². The molecule has 2 aliphatic heterocycles. The van der Waals surface area contributed by atoms with E-state index in [0.29, 0.717) is 123 Å². The molecule has 0 bridgehead atoms. The molecular formula is C33H58N6O10. The van der Waals surface area contributed by atoms with E-state index >= 15 is 0 Å². The van der Waals surface area contributed by atoms with Gasteiger partial charge in [-0.3, -0.25) is 4.79 Å². The lowest BCUT2D eigenvalue weighted by molar-refractivity contribution is -0.131. The second-order valence-electron chi connectivity index (χ2n) is 12.9. The fourth-order valence-electron chi connectivity index (χ4n) is 5.23. The van der Waals surface area contributed by atoms with E-state index in [1.165, 1.54) is 17.1 Å². The quantitative estimate of drug-likeness (QED) is 0.132. The van der Waals surface area contributed by atoms with Crippen molar-refractivity contribution >= 4 is 11.9 Å². The molecule has 3 rings (SSSR count). The van der Waals surface area contributed by atoms with E-state index < -0.39 is 6.23 Å². The van der Waals surface area contributed by atoms with Crippen LogP contribution in [0.2, 0.25) is 0 Å². The first-order valence-electron chi connectivity index (χ1n) is 17.4. The van der Waals surface area contributed by atoms with Crippen molar-refractivity contribution in [2.24, 2.45) is 11.3 Å². The van der Waals surface area contributed by atoms with E-state index in [1.807, 2.05) is 4.90 Å². The summed E-state index contributed by atoms with van der Waals surface area (Å²) in [7, 11) is 0. The Labute approximate surface area is 290 Å². The third-order valence-corrected chi connectivity index (χ3v) is 8.16. The van der Waals surface area contributed by atoms with Crippen LogP contribution in [-0.2, 0) is 51.0 Å². The van der Waals surface area contributed by atoms with Crippen LogP contribution >= 0.6 is 0 Å². The number of carbonyl (C=O) groups excluding carboxylic acids is 2. The van der Waals surface area contributed by atoms with Gasteiger partial charge >= 0.3 is 6.03 Å². The number of amides is 3. The predicted octanol–water partition coefficient (Wildman–Crippen LogP) is 1.08. The van der Waals surface area contributed by atoms with Crippen molar-refractivity contribution in [2.45, 2.75) is 52.9 Å². The van der Waals surface area contributed by atoms with Crippen LogP contribution in [0.1, 0.15) is 39.3 Å². The normalized spacial score (nSPS) is 17.1. The van der Waals surface area contributed by atoms with Crippen LogP contribution in [0, 0.1) is 11.3 Å². The number of aromatic nitrogens is 3. The highest BCUT2D eigenvalue weighted by Gasteiger charge is 2.30. The first-order chi connectivity index (χ1) is 23.7. The largest absolute Gasteiger partial charge is 0.377 e. The van der Waals surface area contributed by atoms with E-state index in [4.69, 9.17) is 33.2 Å². The Morgan fingerprint density at radius 3 is 1.78 bits per heavy atom. The summed E-state index contributed by atoms with van der Waals surface area (Å²) in [6, 6.07) is -0.00476. The molecule has 49 heavy (non-hydrogen) atoms. The molecule has 3 amide bonds. The summed E-state index contributed by atoms with van der Waals surface area (Å²) in [6.45, 7) is 16.2. The Morgan fingerprint density at radius 2 is 1.31 bits per heavy atom. The molecule has 3 heterocycles. The summed E-state index contributed by atoms with van der Waals surface area (Å²) in [6.07, 6.45) is 5.70.